The van der Waals surface area contributed by atoms with Gasteiger partial charge in [0.05, 0.1) is 10.5 Å². The van der Waals surface area contributed by atoms with Gasteiger partial charge in [0.1, 0.15) is 6.54 Å². The third-order valence-electron chi connectivity index (χ3n) is 4.09. The van der Waals surface area contributed by atoms with Crippen molar-refractivity contribution in [3.05, 3.63) is 69.0 Å². The molecule has 154 valence electrons. The molecular formula is C19H17F3N2O5. The predicted octanol–water partition coefficient (Wildman–Crippen LogP) is 4.01. The van der Waals surface area contributed by atoms with Crippen molar-refractivity contribution >= 4 is 23.5 Å². The second-order valence-electron chi connectivity index (χ2n) is 6.17. The number of hydrogen-bond acceptors (Lipinski definition) is 5. The first-order valence-corrected chi connectivity index (χ1v) is 8.34. The molecule has 0 radical (unpaired) electrons. The molecule has 10 heteroatoms. The van der Waals surface area contributed by atoms with Crippen LogP contribution in [0.15, 0.2) is 36.4 Å². The molecule has 0 amide bonds. The zero-order valence-corrected chi connectivity index (χ0v) is 15.5. The molecule has 0 aliphatic heterocycles. The average molecular weight is 410 g/mol. The van der Waals surface area contributed by atoms with E-state index in [4.69, 9.17) is 4.74 Å². The molecule has 0 saturated carbocycles. The first-order chi connectivity index (χ1) is 13.5. The summed E-state index contributed by atoms with van der Waals surface area (Å²) >= 11 is 0. The van der Waals surface area contributed by atoms with Gasteiger partial charge in [0.15, 0.2) is 6.61 Å². The summed E-state index contributed by atoms with van der Waals surface area (Å²) in [4.78, 5) is 34.3. The molecule has 2 rings (SSSR count). The van der Waals surface area contributed by atoms with Crippen molar-refractivity contribution in [2.24, 2.45) is 0 Å². The summed E-state index contributed by atoms with van der Waals surface area (Å²) < 4.78 is 43.7. The van der Waals surface area contributed by atoms with Crippen LogP contribution in [-0.4, -0.2) is 34.0 Å². The Kier molecular flexibility index (Phi) is 6.57. The molecule has 0 aliphatic rings. The molecule has 1 aromatic carbocycles. The van der Waals surface area contributed by atoms with E-state index in [0.717, 1.165) is 10.6 Å². The number of alkyl halides is 3. The Labute approximate surface area is 163 Å². The fraction of sp³-hybridized carbons (Fsp3) is 0.263. The van der Waals surface area contributed by atoms with Gasteiger partial charge < -0.3 is 9.30 Å². The highest BCUT2D eigenvalue weighted by Crippen LogP contribution is 2.23. The van der Waals surface area contributed by atoms with E-state index >= 15 is 0 Å². The first-order valence-electron chi connectivity index (χ1n) is 8.34. The smallest absolute Gasteiger partial charge is 0.406 e. The number of halogens is 3. The lowest BCUT2D eigenvalue weighted by Crippen LogP contribution is -2.20. The summed E-state index contributed by atoms with van der Waals surface area (Å²) in [6.45, 7) is 0.923. The van der Waals surface area contributed by atoms with E-state index in [0.29, 0.717) is 0 Å². The maximum absolute atomic E-state index is 12.6. The van der Waals surface area contributed by atoms with Crippen LogP contribution in [0.25, 0.3) is 6.08 Å². The van der Waals surface area contributed by atoms with E-state index in [-0.39, 0.29) is 28.2 Å². The van der Waals surface area contributed by atoms with Crippen LogP contribution < -0.4 is 0 Å². The lowest BCUT2D eigenvalue weighted by atomic mass is 10.1. The van der Waals surface area contributed by atoms with Crippen LogP contribution >= 0.6 is 0 Å². The molecule has 29 heavy (non-hydrogen) atoms. The molecule has 0 saturated heterocycles. The van der Waals surface area contributed by atoms with Gasteiger partial charge in [-0.05, 0) is 32.1 Å². The van der Waals surface area contributed by atoms with Crippen LogP contribution in [0.2, 0.25) is 0 Å². The number of carbonyl (C=O) groups is 2. The van der Waals surface area contributed by atoms with Crippen LogP contribution in [0.5, 0.6) is 0 Å². The van der Waals surface area contributed by atoms with Crippen molar-refractivity contribution < 1.29 is 32.4 Å². The van der Waals surface area contributed by atoms with Crippen molar-refractivity contribution in [2.75, 3.05) is 6.61 Å². The number of para-hydroxylation sites is 1. The number of carbonyl (C=O) groups excluding carboxylic acids is 2. The number of nitro groups is 1. The number of aromatic nitrogens is 1. The maximum atomic E-state index is 12.6. The van der Waals surface area contributed by atoms with Gasteiger partial charge in [0.25, 0.3) is 5.69 Å². The van der Waals surface area contributed by atoms with E-state index in [1.165, 1.54) is 44.2 Å². The average Bonchev–Trinajstić information content (AvgIpc) is 2.91. The molecule has 2 aromatic rings. The Morgan fingerprint density at radius 3 is 2.52 bits per heavy atom. The second-order valence-corrected chi connectivity index (χ2v) is 6.17. The Morgan fingerprint density at radius 2 is 1.90 bits per heavy atom. The Hall–Kier alpha value is -3.43. The Morgan fingerprint density at radius 1 is 1.24 bits per heavy atom. The quantitative estimate of drug-likeness (QED) is 0.226. The fourth-order valence-corrected chi connectivity index (χ4v) is 2.72. The number of nitro benzene ring substituents is 1. The van der Waals surface area contributed by atoms with Crippen LogP contribution in [0.3, 0.4) is 0 Å². The monoisotopic (exact) mass is 410 g/mol. The lowest BCUT2D eigenvalue weighted by Gasteiger charge is -2.12. The highest BCUT2D eigenvalue weighted by atomic mass is 19.4. The van der Waals surface area contributed by atoms with E-state index in [1.807, 2.05) is 0 Å². The fourth-order valence-electron chi connectivity index (χ4n) is 2.72. The number of Topliss-reactive ketones (excluding diaryl/α,β-unsaturated/α-hetero) is 1. The highest BCUT2D eigenvalue weighted by Gasteiger charge is 2.30. The van der Waals surface area contributed by atoms with Crippen molar-refractivity contribution in [3.63, 3.8) is 0 Å². The second kappa shape index (κ2) is 8.72. The molecule has 7 nitrogen and oxygen atoms in total. The van der Waals surface area contributed by atoms with Crippen LogP contribution in [-0.2, 0) is 16.1 Å². The maximum Gasteiger partial charge on any atom is 0.406 e. The van der Waals surface area contributed by atoms with Gasteiger partial charge >= 0.3 is 12.1 Å². The molecule has 0 atom stereocenters. The standard InChI is InChI=1S/C19H17F3N2O5/c1-12-9-15(13(2)23(12)11-19(20,21)22)17(25)10-29-18(26)8-7-14-5-3-4-6-16(14)24(27)28/h3-9H,10-11H2,1-2H3/b8-7+. The molecule has 0 spiro atoms. The highest BCUT2D eigenvalue weighted by molar-refractivity contribution is 6.00. The van der Waals surface area contributed by atoms with Gasteiger partial charge in [-0.3, -0.25) is 14.9 Å². The number of aryl methyl sites for hydroxylation is 1. The minimum Gasteiger partial charge on any atom is -0.454 e. The molecule has 0 unspecified atom stereocenters. The van der Waals surface area contributed by atoms with Crippen molar-refractivity contribution in [1.29, 1.82) is 0 Å². The van der Waals surface area contributed by atoms with Gasteiger partial charge in [0.2, 0.25) is 5.78 Å². The SMILES string of the molecule is Cc1cc(C(=O)COC(=O)/C=C/c2ccccc2[N+](=O)[O-])c(C)n1CC(F)(F)F. The predicted molar refractivity (Wildman–Crippen MR) is 97.4 cm³/mol. The molecule has 0 fully saturated rings. The zero-order chi connectivity index (χ0) is 21.8. The van der Waals surface area contributed by atoms with E-state index in [9.17, 15) is 32.9 Å². The largest absolute Gasteiger partial charge is 0.454 e. The van der Waals surface area contributed by atoms with Crippen LogP contribution in [0.1, 0.15) is 27.3 Å². The molecule has 1 aromatic heterocycles. The number of rotatable bonds is 7. The number of hydrogen-bond donors (Lipinski definition) is 0. The number of nitrogens with zero attached hydrogens (tertiary/aromatic N) is 2. The van der Waals surface area contributed by atoms with Crippen molar-refractivity contribution in [2.45, 2.75) is 26.6 Å². The van der Waals surface area contributed by atoms with Gasteiger partial charge in [-0.25, -0.2) is 4.79 Å². The summed E-state index contributed by atoms with van der Waals surface area (Å²) in [5.74, 6) is -1.57. The molecular weight excluding hydrogens is 393 g/mol. The minimum absolute atomic E-state index is 0.0298. The van der Waals surface area contributed by atoms with E-state index in [1.54, 1.807) is 6.07 Å². The normalized spacial score (nSPS) is 11.6. The Bertz CT molecular complexity index is 977. The van der Waals surface area contributed by atoms with Gasteiger partial charge in [-0.2, -0.15) is 13.2 Å². The minimum atomic E-state index is -4.44. The summed E-state index contributed by atoms with van der Waals surface area (Å²) in [6.07, 6.45) is -2.32. The summed E-state index contributed by atoms with van der Waals surface area (Å²) in [6, 6.07) is 7.04. The summed E-state index contributed by atoms with van der Waals surface area (Å²) in [7, 11) is 0. The number of benzene rings is 1. The van der Waals surface area contributed by atoms with Crippen LogP contribution in [0, 0.1) is 24.0 Å². The van der Waals surface area contributed by atoms with Crippen molar-refractivity contribution in [1.82, 2.24) is 4.57 Å². The first kappa shape index (κ1) is 21.9. The molecule has 1 heterocycles. The number of ketones is 1. The molecule has 0 aliphatic carbocycles. The molecule has 0 bridgehead atoms. The number of ether oxygens (including phenoxy) is 1. The topological polar surface area (TPSA) is 91.4 Å². The third-order valence-corrected chi connectivity index (χ3v) is 4.09. The van der Waals surface area contributed by atoms with E-state index < -0.39 is 36.0 Å². The van der Waals surface area contributed by atoms with Crippen molar-refractivity contribution in [3.8, 4) is 0 Å². The van der Waals surface area contributed by atoms with Gasteiger partial charge in [-0.15, -0.1) is 0 Å². The summed E-state index contributed by atoms with van der Waals surface area (Å²) in [5.41, 5.74) is 0.380. The van der Waals surface area contributed by atoms with Gasteiger partial charge in [0, 0.05) is 29.1 Å². The number of esters is 1. The molecule has 0 N–H and O–H groups in total. The summed E-state index contributed by atoms with van der Waals surface area (Å²) in [5, 5.41) is 10.9. The lowest BCUT2D eigenvalue weighted by molar-refractivity contribution is -0.385. The zero-order valence-electron chi connectivity index (χ0n) is 15.5. The van der Waals surface area contributed by atoms with E-state index in [2.05, 4.69) is 0 Å². The van der Waals surface area contributed by atoms with Crippen LogP contribution in [0.4, 0.5) is 18.9 Å². The van der Waals surface area contributed by atoms with Gasteiger partial charge in [-0.1, -0.05) is 12.1 Å². The third kappa shape index (κ3) is 5.77. The Balaban J connectivity index is 2.04.